The van der Waals surface area contributed by atoms with Crippen molar-refractivity contribution in [3.05, 3.63) is 42.6 Å². The molecule has 4 aromatic rings. The normalized spacial score (nSPS) is 15.0. The van der Waals surface area contributed by atoms with Crippen LogP contribution in [0.15, 0.2) is 41.4 Å². The molecule has 1 N–H and O–H groups in total. The van der Waals surface area contributed by atoms with Gasteiger partial charge in [-0.3, -0.25) is 4.79 Å². The number of nitrogens with zero attached hydrogens (tertiary/aromatic N) is 6. The van der Waals surface area contributed by atoms with Crippen molar-refractivity contribution in [1.82, 2.24) is 30.0 Å². The number of imidazole rings is 1. The van der Waals surface area contributed by atoms with E-state index in [0.717, 1.165) is 16.7 Å². The lowest BCUT2D eigenvalue weighted by Gasteiger charge is -2.35. The predicted octanol–water partition coefficient (Wildman–Crippen LogP) is 1.39. The van der Waals surface area contributed by atoms with E-state index in [0.29, 0.717) is 43.1 Å². The SMILES string of the molecule is O=C(Cc1noc2ccccc12)N1CCN(c2ncnc3nc[nH]c23)CC1. The summed E-state index contributed by atoms with van der Waals surface area (Å²) in [6.07, 6.45) is 3.38. The molecular formula is C18H17N7O2. The Morgan fingerprint density at radius 1 is 1.11 bits per heavy atom. The molecule has 1 aromatic carbocycles. The number of carbonyl (C=O) groups is 1. The molecule has 1 fully saturated rings. The molecule has 0 unspecified atom stereocenters. The van der Waals surface area contributed by atoms with E-state index in [1.165, 1.54) is 6.33 Å². The number of benzene rings is 1. The topological polar surface area (TPSA) is 104 Å². The summed E-state index contributed by atoms with van der Waals surface area (Å²) in [7, 11) is 0. The van der Waals surface area contributed by atoms with E-state index >= 15 is 0 Å². The number of nitrogens with one attached hydrogen (secondary N) is 1. The molecule has 1 aliphatic heterocycles. The van der Waals surface area contributed by atoms with Gasteiger partial charge in [0.15, 0.2) is 17.0 Å². The molecule has 27 heavy (non-hydrogen) atoms. The number of hydrogen-bond donors (Lipinski definition) is 1. The minimum atomic E-state index is 0.0584. The summed E-state index contributed by atoms with van der Waals surface area (Å²) in [6.45, 7) is 2.68. The van der Waals surface area contributed by atoms with Crippen LogP contribution >= 0.6 is 0 Å². The number of carbonyl (C=O) groups excluding carboxylic acids is 1. The highest BCUT2D eigenvalue weighted by Gasteiger charge is 2.25. The molecule has 9 nitrogen and oxygen atoms in total. The highest BCUT2D eigenvalue weighted by molar-refractivity contribution is 5.87. The fourth-order valence-corrected chi connectivity index (χ4v) is 3.48. The molecule has 0 spiro atoms. The van der Waals surface area contributed by atoms with Gasteiger partial charge in [-0.25, -0.2) is 15.0 Å². The third kappa shape index (κ3) is 2.77. The highest BCUT2D eigenvalue weighted by atomic mass is 16.5. The van der Waals surface area contributed by atoms with Gasteiger partial charge in [-0.2, -0.15) is 0 Å². The van der Waals surface area contributed by atoms with Gasteiger partial charge in [0.1, 0.15) is 17.5 Å². The summed E-state index contributed by atoms with van der Waals surface area (Å²) >= 11 is 0. The van der Waals surface area contributed by atoms with E-state index in [1.807, 2.05) is 29.2 Å². The number of anilines is 1. The van der Waals surface area contributed by atoms with Gasteiger partial charge in [-0.05, 0) is 12.1 Å². The number of H-pyrrole nitrogens is 1. The molecule has 4 heterocycles. The molecule has 5 rings (SSSR count). The number of aromatic nitrogens is 5. The van der Waals surface area contributed by atoms with E-state index in [-0.39, 0.29) is 12.3 Å². The van der Waals surface area contributed by atoms with Gasteiger partial charge in [0, 0.05) is 31.6 Å². The first-order valence-corrected chi connectivity index (χ1v) is 8.80. The Bertz CT molecular complexity index is 1110. The van der Waals surface area contributed by atoms with Crippen molar-refractivity contribution in [1.29, 1.82) is 0 Å². The third-order valence-electron chi connectivity index (χ3n) is 4.91. The van der Waals surface area contributed by atoms with Gasteiger partial charge in [-0.15, -0.1) is 0 Å². The molecule has 0 bridgehead atoms. The quantitative estimate of drug-likeness (QED) is 0.586. The first-order valence-electron chi connectivity index (χ1n) is 8.80. The van der Waals surface area contributed by atoms with Crippen molar-refractivity contribution >= 4 is 33.9 Å². The minimum absolute atomic E-state index is 0.0584. The number of aromatic amines is 1. The van der Waals surface area contributed by atoms with Crippen LogP contribution in [-0.4, -0.2) is 62.1 Å². The lowest BCUT2D eigenvalue weighted by atomic mass is 10.1. The van der Waals surface area contributed by atoms with E-state index < -0.39 is 0 Å². The largest absolute Gasteiger partial charge is 0.356 e. The van der Waals surface area contributed by atoms with Crippen molar-refractivity contribution in [2.75, 3.05) is 31.1 Å². The number of amides is 1. The average molecular weight is 363 g/mol. The molecule has 1 saturated heterocycles. The van der Waals surface area contributed by atoms with Gasteiger partial charge in [0.05, 0.1) is 12.7 Å². The van der Waals surface area contributed by atoms with E-state index in [2.05, 4.69) is 30.0 Å². The Balaban J connectivity index is 1.27. The van der Waals surface area contributed by atoms with Crippen molar-refractivity contribution < 1.29 is 9.32 Å². The van der Waals surface area contributed by atoms with Crippen LogP contribution < -0.4 is 4.90 Å². The zero-order valence-electron chi connectivity index (χ0n) is 14.5. The maximum absolute atomic E-state index is 12.7. The summed E-state index contributed by atoms with van der Waals surface area (Å²) < 4.78 is 5.29. The highest BCUT2D eigenvalue weighted by Crippen LogP contribution is 2.22. The Kier molecular flexibility index (Phi) is 3.70. The Hall–Kier alpha value is -3.49. The second kappa shape index (κ2) is 6.35. The Morgan fingerprint density at radius 2 is 1.96 bits per heavy atom. The van der Waals surface area contributed by atoms with Gasteiger partial charge >= 0.3 is 0 Å². The second-order valence-corrected chi connectivity index (χ2v) is 6.47. The smallest absolute Gasteiger partial charge is 0.228 e. The minimum Gasteiger partial charge on any atom is -0.356 e. The maximum atomic E-state index is 12.7. The molecule has 0 radical (unpaired) electrons. The third-order valence-corrected chi connectivity index (χ3v) is 4.91. The Morgan fingerprint density at radius 3 is 2.85 bits per heavy atom. The van der Waals surface area contributed by atoms with Crippen molar-refractivity contribution in [3.63, 3.8) is 0 Å². The average Bonchev–Trinajstić information content (AvgIpc) is 3.35. The van der Waals surface area contributed by atoms with Crippen LogP contribution in [0.2, 0.25) is 0 Å². The van der Waals surface area contributed by atoms with Crippen LogP contribution in [-0.2, 0) is 11.2 Å². The second-order valence-electron chi connectivity index (χ2n) is 6.47. The van der Waals surface area contributed by atoms with Gasteiger partial charge in [-0.1, -0.05) is 17.3 Å². The number of para-hydroxylation sites is 1. The predicted molar refractivity (Wildman–Crippen MR) is 98.2 cm³/mol. The molecule has 0 atom stereocenters. The summed E-state index contributed by atoms with van der Waals surface area (Å²) in [5.41, 5.74) is 2.87. The first kappa shape index (κ1) is 15.7. The fourth-order valence-electron chi connectivity index (χ4n) is 3.48. The first-order chi connectivity index (χ1) is 13.3. The standard InChI is InChI=1S/C18H17N7O2/c26-15(9-13-12-3-1-2-4-14(12)27-23-13)24-5-7-25(8-6-24)18-16-17(20-10-19-16)21-11-22-18/h1-4,10-11H,5-9H2,(H,19,20,21,22). The zero-order chi connectivity index (χ0) is 18.2. The van der Waals surface area contributed by atoms with Gasteiger partial charge in [0.25, 0.3) is 0 Å². The van der Waals surface area contributed by atoms with Crippen LogP contribution in [0, 0.1) is 0 Å². The van der Waals surface area contributed by atoms with Gasteiger partial charge < -0.3 is 19.3 Å². The molecule has 3 aromatic heterocycles. The monoisotopic (exact) mass is 363 g/mol. The number of hydrogen-bond acceptors (Lipinski definition) is 7. The van der Waals surface area contributed by atoms with E-state index in [1.54, 1.807) is 6.33 Å². The van der Waals surface area contributed by atoms with E-state index in [9.17, 15) is 4.79 Å². The molecule has 1 amide bonds. The van der Waals surface area contributed by atoms with E-state index in [4.69, 9.17) is 4.52 Å². The van der Waals surface area contributed by atoms with Crippen LogP contribution in [0.3, 0.4) is 0 Å². The van der Waals surface area contributed by atoms with Gasteiger partial charge in [0.2, 0.25) is 5.91 Å². The van der Waals surface area contributed by atoms with Crippen LogP contribution in [0.4, 0.5) is 5.82 Å². The van der Waals surface area contributed by atoms with Crippen LogP contribution in [0.1, 0.15) is 5.69 Å². The fraction of sp³-hybridized carbons (Fsp3) is 0.278. The Labute approximate surface area is 154 Å². The summed E-state index contributed by atoms with van der Waals surface area (Å²) in [4.78, 5) is 32.5. The van der Waals surface area contributed by atoms with Crippen molar-refractivity contribution in [2.24, 2.45) is 0 Å². The molecule has 0 saturated carbocycles. The summed E-state index contributed by atoms with van der Waals surface area (Å²) in [6, 6.07) is 7.59. The number of rotatable bonds is 3. The summed E-state index contributed by atoms with van der Waals surface area (Å²) in [5, 5.41) is 4.96. The molecule has 1 aliphatic rings. The zero-order valence-corrected chi connectivity index (χ0v) is 14.5. The maximum Gasteiger partial charge on any atom is 0.228 e. The number of fused-ring (bicyclic) bond motifs is 2. The van der Waals surface area contributed by atoms with Crippen molar-refractivity contribution in [3.8, 4) is 0 Å². The number of piperazine rings is 1. The molecule has 9 heteroatoms. The van der Waals surface area contributed by atoms with Crippen molar-refractivity contribution in [2.45, 2.75) is 6.42 Å². The van der Waals surface area contributed by atoms with Crippen LogP contribution in [0.5, 0.6) is 0 Å². The van der Waals surface area contributed by atoms with Crippen LogP contribution in [0.25, 0.3) is 22.1 Å². The summed E-state index contributed by atoms with van der Waals surface area (Å²) in [5.74, 6) is 0.884. The lowest BCUT2D eigenvalue weighted by Crippen LogP contribution is -2.49. The lowest BCUT2D eigenvalue weighted by molar-refractivity contribution is -0.130. The molecule has 0 aliphatic carbocycles. The molecular weight excluding hydrogens is 346 g/mol. The molecule has 136 valence electrons.